The van der Waals surface area contributed by atoms with Gasteiger partial charge >= 0.3 is 6.03 Å². The number of hydrogen-bond donors (Lipinski definition) is 2. The van der Waals surface area contributed by atoms with Crippen molar-refractivity contribution >= 4 is 23.3 Å². The van der Waals surface area contributed by atoms with Crippen LogP contribution in [-0.4, -0.2) is 15.6 Å². The van der Waals surface area contributed by atoms with Crippen molar-refractivity contribution in [1.29, 1.82) is 0 Å². The standard InChI is InChI=1S/C7H8N2O.C2H2N2S/c8-7(10)9-6-4-2-1-3-5-6;1-2-5-4-3-1/h1-5H,(H3,8,9,10);1-2H. The summed E-state index contributed by atoms with van der Waals surface area (Å²) in [7, 11) is 0. The molecule has 2 amide bonds. The van der Waals surface area contributed by atoms with Crippen molar-refractivity contribution in [2.24, 2.45) is 5.73 Å². The smallest absolute Gasteiger partial charge is 0.316 e. The molecule has 0 aliphatic carbocycles. The van der Waals surface area contributed by atoms with Crippen LogP contribution in [0.3, 0.4) is 0 Å². The lowest BCUT2D eigenvalue weighted by atomic mass is 10.3. The molecule has 0 aliphatic rings. The van der Waals surface area contributed by atoms with E-state index in [1.807, 2.05) is 23.6 Å². The lowest BCUT2D eigenvalue weighted by molar-refractivity contribution is 0.259. The summed E-state index contributed by atoms with van der Waals surface area (Å²) in [5.74, 6) is 0. The highest BCUT2D eigenvalue weighted by molar-refractivity contribution is 7.03. The van der Waals surface area contributed by atoms with Crippen LogP contribution in [0.5, 0.6) is 0 Å². The topological polar surface area (TPSA) is 80.9 Å². The lowest BCUT2D eigenvalue weighted by Crippen LogP contribution is -2.18. The van der Waals surface area contributed by atoms with Crippen LogP contribution >= 0.6 is 11.5 Å². The maximum absolute atomic E-state index is 10.3. The molecule has 0 unspecified atom stereocenters. The molecule has 1 aromatic heterocycles. The molecular weight excluding hydrogens is 212 g/mol. The monoisotopic (exact) mass is 222 g/mol. The molecule has 0 radical (unpaired) electrons. The van der Waals surface area contributed by atoms with Crippen molar-refractivity contribution in [3.05, 3.63) is 41.9 Å². The fourth-order valence-electron chi connectivity index (χ4n) is 0.800. The number of carbonyl (C=O) groups is 1. The summed E-state index contributed by atoms with van der Waals surface area (Å²) in [6.07, 6.45) is 1.66. The van der Waals surface area contributed by atoms with Crippen LogP contribution in [0.15, 0.2) is 41.9 Å². The van der Waals surface area contributed by atoms with Gasteiger partial charge in [-0.3, -0.25) is 0 Å². The summed E-state index contributed by atoms with van der Waals surface area (Å²) >= 11 is 1.35. The number of anilines is 1. The molecule has 0 atom stereocenters. The minimum absolute atomic E-state index is 0.536. The van der Waals surface area contributed by atoms with E-state index in [0.717, 1.165) is 5.69 Å². The van der Waals surface area contributed by atoms with E-state index in [4.69, 9.17) is 5.73 Å². The SMILES string of the molecule is NC(=O)Nc1ccccc1.c1csnn1. The second kappa shape index (κ2) is 6.50. The molecule has 0 saturated carbocycles. The van der Waals surface area contributed by atoms with Gasteiger partial charge in [-0.2, -0.15) is 0 Å². The number of nitrogens with one attached hydrogen (secondary N) is 1. The van der Waals surface area contributed by atoms with Crippen LogP contribution in [0.1, 0.15) is 0 Å². The second-order valence-electron chi connectivity index (χ2n) is 2.44. The van der Waals surface area contributed by atoms with E-state index in [0.29, 0.717) is 0 Å². The molecule has 3 N–H and O–H groups in total. The van der Waals surface area contributed by atoms with Crippen molar-refractivity contribution in [1.82, 2.24) is 9.59 Å². The molecule has 5 nitrogen and oxygen atoms in total. The Hall–Kier alpha value is -1.95. The van der Waals surface area contributed by atoms with Crippen molar-refractivity contribution in [2.45, 2.75) is 0 Å². The Morgan fingerprint density at radius 3 is 2.47 bits per heavy atom. The minimum atomic E-state index is -0.536. The predicted octanol–water partition coefficient (Wildman–Crippen LogP) is 1.72. The zero-order valence-electron chi connectivity index (χ0n) is 7.83. The van der Waals surface area contributed by atoms with E-state index >= 15 is 0 Å². The summed E-state index contributed by atoms with van der Waals surface area (Å²) in [6.45, 7) is 0. The highest BCUT2D eigenvalue weighted by Crippen LogP contribution is 2.03. The zero-order chi connectivity index (χ0) is 10.9. The first-order valence-corrected chi connectivity index (χ1v) is 4.95. The number of para-hydroxylation sites is 1. The summed E-state index contributed by atoms with van der Waals surface area (Å²) in [4.78, 5) is 10.3. The third-order valence-electron chi connectivity index (χ3n) is 1.32. The predicted molar refractivity (Wildman–Crippen MR) is 59.6 cm³/mol. The molecule has 0 bridgehead atoms. The van der Waals surface area contributed by atoms with Gasteiger partial charge in [0.1, 0.15) is 0 Å². The van der Waals surface area contributed by atoms with Crippen LogP contribution in [0.25, 0.3) is 0 Å². The van der Waals surface area contributed by atoms with Crippen LogP contribution in [0, 0.1) is 0 Å². The molecule has 6 heteroatoms. The van der Waals surface area contributed by atoms with Crippen LogP contribution in [0.4, 0.5) is 10.5 Å². The van der Waals surface area contributed by atoms with Gasteiger partial charge in [0.05, 0.1) is 6.20 Å². The van der Waals surface area contributed by atoms with E-state index < -0.39 is 6.03 Å². The molecule has 2 rings (SSSR count). The van der Waals surface area contributed by atoms with Gasteiger partial charge < -0.3 is 11.1 Å². The van der Waals surface area contributed by atoms with Gasteiger partial charge in [0.15, 0.2) is 0 Å². The first kappa shape index (κ1) is 11.1. The second-order valence-corrected chi connectivity index (χ2v) is 3.09. The maximum Gasteiger partial charge on any atom is 0.316 e. The molecule has 0 spiro atoms. The summed E-state index contributed by atoms with van der Waals surface area (Å²) in [5.41, 5.74) is 5.59. The fraction of sp³-hybridized carbons (Fsp3) is 0. The normalized spacial score (nSPS) is 8.53. The molecule has 0 saturated heterocycles. The Bertz CT molecular complexity index is 359. The van der Waals surface area contributed by atoms with Gasteiger partial charge in [0, 0.05) is 11.1 Å². The number of benzene rings is 1. The Balaban J connectivity index is 0.000000187. The number of primary amides is 1. The molecule has 0 aliphatic heterocycles. The first-order chi connectivity index (χ1) is 7.29. The first-order valence-electron chi connectivity index (χ1n) is 4.11. The highest BCUT2D eigenvalue weighted by atomic mass is 32.1. The Morgan fingerprint density at radius 2 is 2.07 bits per heavy atom. The van der Waals surface area contributed by atoms with Crippen molar-refractivity contribution < 1.29 is 4.79 Å². The molecule has 78 valence electrons. The number of urea groups is 1. The number of rotatable bonds is 1. The van der Waals surface area contributed by atoms with Crippen molar-refractivity contribution in [2.75, 3.05) is 5.32 Å². The van der Waals surface area contributed by atoms with Crippen molar-refractivity contribution in [3.8, 4) is 0 Å². The van der Waals surface area contributed by atoms with Gasteiger partial charge in [-0.25, -0.2) is 4.79 Å². The van der Waals surface area contributed by atoms with E-state index in [1.54, 1.807) is 18.3 Å². The molecule has 0 fully saturated rings. The number of carbonyl (C=O) groups excluding carboxylic acids is 1. The van der Waals surface area contributed by atoms with Gasteiger partial charge in [0.25, 0.3) is 0 Å². The maximum atomic E-state index is 10.3. The summed E-state index contributed by atoms with van der Waals surface area (Å²) in [5, 5.41) is 7.75. The number of hydrogen-bond acceptors (Lipinski definition) is 4. The molecular formula is C9H10N4OS. The van der Waals surface area contributed by atoms with Crippen LogP contribution in [-0.2, 0) is 0 Å². The Kier molecular flexibility index (Phi) is 4.82. The van der Waals surface area contributed by atoms with Gasteiger partial charge in [-0.15, -0.1) is 5.10 Å². The highest BCUT2D eigenvalue weighted by Gasteiger charge is 1.90. The van der Waals surface area contributed by atoms with Gasteiger partial charge in [-0.05, 0) is 23.7 Å². The number of nitrogens with two attached hydrogens (primary N) is 1. The number of aromatic nitrogens is 2. The van der Waals surface area contributed by atoms with E-state index in [2.05, 4.69) is 14.9 Å². The zero-order valence-corrected chi connectivity index (χ0v) is 8.65. The third-order valence-corrected chi connectivity index (χ3v) is 1.76. The lowest BCUT2D eigenvalue weighted by Gasteiger charge is -1.97. The third kappa shape index (κ3) is 5.37. The van der Waals surface area contributed by atoms with E-state index in [-0.39, 0.29) is 0 Å². The average Bonchev–Trinajstić information content (AvgIpc) is 2.76. The Labute approximate surface area is 91.1 Å². The Morgan fingerprint density at radius 1 is 1.33 bits per heavy atom. The fourth-order valence-corrected chi connectivity index (χ4v) is 1.07. The largest absolute Gasteiger partial charge is 0.351 e. The molecule has 1 aromatic carbocycles. The van der Waals surface area contributed by atoms with Gasteiger partial charge in [0.2, 0.25) is 0 Å². The summed E-state index contributed by atoms with van der Waals surface area (Å²) in [6, 6.07) is 8.52. The van der Waals surface area contributed by atoms with Gasteiger partial charge in [-0.1, -0.05) is 22.7 Å². The number of amides is 2. The average molecular weight is 222 g/mol. The molecule has 2 aromatic rings. The number of nitrogens with zero attached hydrogens (tertiary/aromatic N) is 2. The quantitative estimate of drug-likeness (QED) is 0.770. The molecule has 15 heavy (non-hydrogen) atoms. The minimum Gasteiger partial charge on any atom is -0.351 e. The van der Waals surface area contributed by atoms with Crippen LogP contribution < -0.4 is 11.1 Å². The summed E-state index contributed by atoms with van der Waals surface area (Å²) < 4.78 is 3.51. The van der Waals surface area contributed by atoms with Crippen LogP contribution in [0.2, 0.25) is 0 Å². The van der Waals surface area contributed by atoms with E-state index in [1.165, 1.54) is 11.5 Å². The van der Waals surface area contributed by atoms with Crippen molar-refractivity contribution in [3.63, 3.8) is 0 Å². The van der Waals surface area contributed by atoms with E-state index in [9.17, 15) is 4.79 Å². The molecule has 1 heterocycles.